The van der Waals surface area contributed by atoms with Gasteiger partial charge in [0.2, 0.25) is 0 Å². The first-order valence-electron chi connectivity index (χ1n) is 10.2. The monoisotopic (exact) mass is 426 g/mol. The Morgan fingerprint density at radius 3 is 1.87 bits per heavy atom. The molecule has 3 fully saturated rings. The van der Waals surface area contributed by atoms with Crippen LogP contribution in [0.5, 0.6) is 11.5 Å². The van der Waals surface area contributed by atoms with Gasteiger partial charge < -0.3 is 20.1 Å². The fraction of sp³-hybridized carbons (Fsp3) is 0.391. The maximum atomic E-state index is 12.3. The molecular formula is C23H23ClN2O4. The van der Waals surface area contributed by atoms with Gasteiger partial charge in [0, 0.05) is 16.1 Å². The molecule has 0 aliphatic heterocycles. The molecule has 2 aromatic rings. The van der Waals surface area contributed by atoms with Crippen molar-refractivity contribution in [2.24, 2.45) is 0 Å². The van der Waals surface area contributed by atoms with Crippen molar-refractivity contribution in [1.82, 2.24) is 10.6 Å². The Bertz CT molecular complexity index is 985. The number of nitrogens with one attached hydrogen (secondary N) is 2. The third kappa shape index (κ3) is 3.72. The van der Waals surface area contributed by atoms with Crippen molar-refractivity contribution in [3.8, 4) is 11.5 Å². The maximum absolute atomic E-state index is 12.3. The number of hydrogen-bond donors (Lipinski definition) is 2. The maximum Gasteiger partial charge on any atom is 0.258 e. The Kier molecular flexibility index (Phi) is 4.62. The number of benzene rings is 2. The lowest BCUT2D eigenvalue weighted by Gasteiger charge is -2.70. The first kappa shape index (κ1) is 19.2. The third-order valence-electron chi connectivity index (χ3n) is 6.23. The van der Waals surface area contributed by atoms with Crippen molar-refractivity contribution in [2.45, 2.75) is 43.2 Å². The van der Waals surface area contributed by atoms with Crippen molar-refractivity contribution >= 4 is 23.4 Å². The lowest BCUT2D eigenvalue weighted by molar-refractivity contribution is -0.151. The summed E-state index contributed by atoms with van der Waals surface area (Å²) in [4.78, 5) is 24.5. The lowest BCUT2D eigenvalue weighted by Crippen LogP contribution is -2.84. The summed E-state index contributed by atoms with van der Waals surface area (Å²) in [5.41, 5.74) is 2.26. The highest BCUT2D eigenvalue weighted by atomic mass is 35.5. The summed E-state index contributed by atoms with van der Waals surface area (Å²) in [6.45, 7) is -0.0355. The number of hydrogen-bond acceptors (Lipinski definition) is 4. The Labute approximate surface area is 179 Å². The molecule has 0 unspecified atom stereocenters. The standard InChI is InChI=1S/C23H23ClN2O4/c24-17-4-7-18(8-5-17)29-10-20(27)25-22-12-23(13-22,14-22)26-21(28)11-30-19-6-3-15-1-2-16(15)9-19/h3-9H,1-2,10-14H2,(H,25,27)(H,26,28). The average molecular weight is 427 g/mol. The Balaban J connectivity index is 1.02. The third-order valence-corrected chi connectivity index (χ3v) is 6.49. The predicted molar refractivity (Wildman–Crippen MR) is 112 cm³/mol. The van der Waals surface area contributed by atoms with Gasteiger partial charge in [0.25, 0.3) is 11.8 Å². The number of aryl methyl sites for hydroxylation is 2. The molecule has 2 bridgehead atoms. The van der Waals surface area contributed by atoms with E-state index in [-0.39, 0.29) is 36.1 Å². The highest BCUT2D eigenvalue weighted by Crippen LogP contribution is 2.60. The highest BCUT2D eigenvalue weighted by molar-refractivity contribution is 6.30. The number of carbonyl (C=O) groups is 2. The molecule has 3 saturated carbocycles. The molecule has 4 aliphatic carbocycles. The number of amides is 2. The van der Waals surface area contributed by atoms with Crippen LogP contribution in [-0.4, -0.2) is 36.1 Å². The fourth-order valence-corrected chi connectivity index (χ4v) is 4.93. The molecule has 6 rings (SSSR count). The van der Waals surface area contributed by atoms with Gasteiger partial charge in [0.15, 0.2) is 13.2 Å². The van der Waals surface area contributed by atoms with Gasteiger partial charge in [-0.05, 0) is 79.6 Å². The van der Waals surface area contributed by atoms with Crippen LogP contribution in [0.2, 0.25) is 5.02 Å². The van der Waals surface area contributed by atoms with Crippen LogP contribution in [0.15, 0.2) is 42.5 Å². The van der Waals surface area contributed by atoms with E-state index in [1.54, 1.807) is 24.3 Å². The summed E-state index contributed by atoms with van der Waals surface area (Å²) in [5, 5.41) is 6.73. The molecule has 156 valence electrons. The normalized spacial score (nSPS) is 25.0. The quantitative estimate of drug-likeness (QED) is 0.680. The van der Waals surface area contributed by atoms with Gasteiger partial charge in [0.05, 0.1) is 0 Å². The summed E-state index contributed by atoms with van der Waals surface area (Å²) in [6, 6.07) is 12.9. The minimum atomic E-state index is -0.212. The van der Waals surface area contributed by atoms with Crippen LogP contribution in [0.25, 0.3) is 0 Å². The summed E-state index contributed by atoms with van der Waals surface area (Å²) < 4.78 is 11.1. The molecule has 7 heteroatoms. The largest absolute Gasteiger partial charge is 0.484 e. The van der Waals surface area contributed by atoms with E-state index < -0.39 is 0 Å². The molecule has 0 radical (unpaired) electrons. The summed E-state index contributed by atoms with van der Waals surface area (Å²) in [5.74, 6) is 1.06. The zero-order valence-corrected chi connectivity index (χ0v) is 17.3. The van der Waals surface area contributed by atoms with Crippen LogP contribution in [0.4, 0.5) is 0 Å². The van der Waals surface area contributed by atoms with Gasteiger partial charge in [0.1, 0.15) is 11.5 Å². The van der Waals surface area contributed by atoms with Gasteiger partial charge in [-0.25, -0.2) is 0 Å². The van der Waals surface area contributed by atoms with Gasteiger partial charge in [-0.15, -0.1) is 0 Å². The molecule has 30 heavy (non-hydrogen) atoms. The fourth-order valence-electron chi connectivity index (χ4n) is 4.81. The lowest BCUT2D eigenvalue weighted by atomic mass is 9.44. The molecule has 0 heterocycles. The minimum absolute atomic E-state index is 0.00876. The van der Waals surface area contributed by atoms with Gasteiger partial charge in [-0.2, -0.15) is 0 Å². The Morgan fingerprint density at radius 1 is 0.800 bits per heavy atom. The van der Waals surface area contributed by atoms with Crippen LogP contribution in [0.3, 0.4) is 0 Å². The van der Waals surface area contributed by atoms with Crippen molar-refractivity contribution in [2.75, 3.05) is 13.2 Å². The SMILES string of the molecule is O=C(COc1ccc(Cl)cc1)NC12CC(NC(=O)COc3ccc4c(c3)CC4)(C1)C2. The second-order valence-electron chi connectivity index (χ2n) is 8.65. The molecule has 2 N–H and O–H groups in total. The van der Waals surface area contributed by atoms with E-state index in [9.17, 15) is 9.59 Å². The second kappa shape index (κ2) is 7.20. The second-order valence-corrected chi connectivity index (χ2v) is 9.09. The number of halogens is 1. The van der Waals surface area contributed by atoms with Crippen molar-refractivity contribution in [1.29, 1.82) is 0 Å². The summed E-state index contributed by atoms with van der Waals surface area (Å²) in [7, 11) is 0. The zero-order valence-electron chi connectivity index (χ0n) is 16.5. The van der Waals surface area contributed by atoms with Crippen LogP contribution in [-0.2, 0) is 22.4 Å². The number of fused-ring (bicyclic) bond motifs is 1. The van der Waals surface area contributed by atoms with E-state index >= 15 is 0 Å². The van der Waals surface area contributed by atoms with Gasteiger partial charge in [-0.3, -0.25) is 9.59 Å². The molecule has 0 saturated heterocycles. The van der Waals surface area contributed by atoms with Crippen molar-refractivity contribution < 1.29 is 19.1 Å². The minimum Gasteiger partial charge on any atom is -0.484 e. The Hall–Kier alpha value is -2.73. The number of ether oxygens (including phenoxy) is 2. The predicted octanol–water partition coefficient (Wildman–Crippen LogP) is 2.80. The van der Waals surface area contributed by atoms with E-state index in [0.717, 1.165) is 37.9 Å². The average Bonchev–Trinajstić information content (AvgIpc) is 2.65. The van der Waals surface area contributed by atoms with E-state index in [1.807, 2.05) is 12.1 Å². The Morgan fingerprint density at radius 2 is 1.33 bits per heavy atom. The molecule has 2 aromatic carbocycles. The molecular weight excluding hydrogens is 404 g/mol. The van der Waals surface area contributed by atoms with Crippen molar-refractivity contribution in [3.05, 3.63) is 58.6 Å². The first-order valence-corrected chi connectivity index (χ1v) is 10.6. The summed E-state index contributed by atoms with van der Waals surface area (Å²) >= 11 is 5.83. The summed E-state index contributed by atoms with van der Waals surface area (Å²) in [6.07, 6.45) is 4.45. The molecule has 4 aliphatic rings. The molecule has 0 aromatic heterocycles. The molecule has 6 nitrogen and oxygen atoms in total. The smallest absolute Gasteiger partial charge is 0.258 e. The molecule has 0 spiro atoms. The number of rotatable bonds is 8. The van der Waals surface area contributed by atoms with E-state index in [2.05, 4.69) is 16.7 Å². The number of carbonyl (C=O) groups excluding carboxylic acids is 2. The van der Waals surface area contributed by atoms with Gasteiger partial charge in [-0.1, -0.05) is 17.7 Å². The van der Waals surface area contributed by atoms with E-state index in [1.165, 1.54) is 11.1 Å². The first-order chi connectivity index (χ1) is 14.4. The van der Waals surface area contributed by atoms with Crippen LogP contribution >= 0.6 is 11.6 Å². The van der Waals surface area contributed by atoms with Crippen molar-refractivity contribution in [3.63, 3.8) is 0 Å². The molecule has 2 amide bonds. The molecule has 0 atom stereocenters. The van der Waals surface area contributed by atoms with Crippen LogP contribution in [0.1, 0.15) is 30.4 Å². The topological polar surface area (TPSA) is 76.7 Å². The van der Waals surface area contributed by atoms with Gasteiger partial charge >= 0.3 is 0 Å². The van der Waals surface area contributed by atoms with E-state index in [4.69, 9.17) is 21.1 Å². The zero-order chi connectivity index (χ0) is 20.8. The van der Waals surface area contributed by atoms with Crippen LogP contribution < -0.4 is 20.1 Å². The highest BCUT2D eigenvalue weighted by Gasteiger charge is 2.69. The van der Waals surface area contributed by atoms with Crippen LogP contribution in [0, 0.1) is 0 Å². The van der Waals surface area contributed by atoms with E-state index in [0.29, 0.717) is 10.8 Å².